The van der Waals surface area contributed by atoms with Crippen LogP contribution in [0.5, 0.6) is 11.5 Å². The van der Waals surface area contributed by atoms with E-state index in [1.54, 1.807) is 19.1 Å². The molecule has 1 aliphatic heterocycles. The molecule has 2 heterocycles. The quantitative estimate of drug-likeness (QED) is 0.147. The van der Waals surface area contributed by atoms with Gasteiger partial charge in [0.15, 0.2) is 11.6 Å². The molecular formula is C38H40Cl2FN5O5. The zero-order chi connectivity index (χ0) is 36.0. The zero-order valence-electron chi connectivity index (χ0n) is 28.7. The highest BCUT2D eigenvalue weighted by Crippen LogP contribution is 2.46. The van der Waals surface area contributed by atoms with Gasteiger partial charge in [-0.2, -0.15) is 0 Å². The van der Waals surface area contributed by atoms with E-state index >= 15 is 4.39 Å². The molecule has 13 heteroatoms. The Labute approximate surface area is 305 Å². The van der Waals surface area contributed by atoms with Crippen molar-refractivity contribution in [1.29, 1.82) is 0 Å². The number of halogens is 3. The Balaban J connectivity index is 1.13. The first-order valence-electron chi connectivity index (χ1n) is 17.2. The van der Waals surface area contributed by atoms with Crippen LogP contribution in [0.1, 0.15) is 77.4 Å². The highest BCUT2D eigenvalue weighted by molar-refractivity contribution is 6.36. The maximum atomic E-state index is 15.8. The van der Waals surface area contributed by atoms with Gasteiger partial charge < -0.3 is 29.4 Å². The van der Waals surface area contributed by atoms with Crippen molar-refractivity contribution in [2.75, 3.05) is 25.5 Å². The average molecular weight is 737 g/mol. The summed E-state index contributed by atoms with van der Waals surface area (Å²) >= 11 is 13.6. The number of ether oxygens (including phenoxy) is 2. The summed E-state index contributed by atoms with van der Waals surface area (Å²) in [5.74, 6) is -1.26. The number of carbonyl (C=O) groups is 2. The van der Waals surface area contributed by atoms with Crippen molar-refractivity contribution in [1.82, 2.24) is 19.8 Å². The number of likely N-dealkylation sites (N-methyl/N-ethyl adjacent to an activating group) is 1. The third-order valence-corrected chi connectivity index (χ3v) is 11.2. The van der Waals surface area contributed by atoms with Gasteiger partial charge in [-0.05, 0) is 68.8 Å². The number of benzene rings is 3. The summed E-state index contributed by atoms with van der Waals surface area (Å²) in [5, 5.41) is 15.9. The van der Waals surface area contributed by atoms with Gasteiger partial charge in [-0.3, -0.25) is 14.9 Å². The second-order valence-electron chi connectivity index (χ2n) is 13.5. The van der Waals surface area contributed by atoms with Crippen LogP contribution in [-0.2, 0) is 37.8 Å². The van der Waals surface area contributed by atoms with Crippen LogP contribution < -0.4 is 20.1 Å². The number of amides is 1. The molecule has 3 N–H and O–H groups in total. The van der Waals surface area contributed by atoms with Crippen LogP contribution in [0, 0.1) is 5.82 Å². The van der Waals surface area contributed by atoms with Crippen LogP contribution in [0.3, 0.4) is 0 Å². The first kappa shape index (κ1) is 35.3. The Kier molecular flexibility index (Phi) is 9.75. The minimum atomic E-state index is -1.08. The molecule has 2 aliphatic carbocycles. The fourth-order valence-electron chi connectivity index (χ4n) is 7.43. The lowest BCUT2D eigenvalue weighted by Gasteiger charge is -2.38. The van der Waals surface area contributed by atoms with Crippen LogP contribution >= 0.6 is 23.2 Å². The zero-order valence-corrected chi connectivity index (χ0v) is 30.3. The SMILES string of the molecule is CCOc1cc(OC2CCc3c(-c4cccc(NC(=O)c5nc6c(n5C)CCN(C)C6)c4Cl)cccc32)c(Cl)c(F)c1CNC1(C(=O)O)CCC1. The van der Waals surface area contributed by atoms with Crippen molar-refractivity contribution in [3.05, 3.63) is 92.2 Å². The standard InChI is InChI=1S/C38H40Cl2FN5O5/c1-4-50-30-18-31(33(40)34(41)25(30)19-42-38(37(48)49)15-7-16-38)51-29-13-12-22-21(8-5-9-23(22)29)24-10-6-11-26(32(24)39)44-36(47)35-43-27-20-45(2)17-14-28(27)46(35)3/h5-6,8-11,18,29,42H,4,7,12-17,19-20H2,1-3H3,(H,44,47)(H,48,49). The maximum Gasteiger partial charge on any atom is 0.323 e. The number of imidazole rings is 1. The molecule has 0 bridgehead atoms. The van der Waals surface area contributed by atoms with E-state index in [1.165, 1.54) is 0 Å². The number of fused-ring (bicyclic) bond motifs is 2. The van der Waals surface area contributed by atoms with E-state index < -0.39 is 23.4 Å². The summed E-state index contributed by atoms with van der Waals surface area (Å²) in [7, 11) is 3.91. The molecule has 4 aromatic rings. The number of aliphatic carboxylic acids is 1. The number of nitrogens with zero attached hydrogens (tertiary/aromatic N) is 3. The average Bonchev–Trinajstić information content (AvgIpc) is 3.65. The van der Waals surface area contributed by atoms with E-state index in [9.17, 15) is 14.7 Å². The molecule has 51 heavy (non-hydrogen) atoms. The highest BCUT2D eigenvalue weighted by Gasteiger charge is 2.44. The number of carboxylic acids is 1. The van der Waals surface area contributed by atoms with Gasteiger partial charge in [0.2, 0.25) is 0 Å². The summed E-state index contributed by atoms with van der Waals surface area (Å²) < 4.78 is 29.9. The molecule has 3 aromatic carbocycles. The maximum absolute atomic E-state index is 15.8. The first-order valence-corrected chi connectivity index (χ1v) is 18.0. The molecule has 1 atom stereocenters. The summed E-state index contributed by atoms with van der Waals surface area (Å²) in [5.41, 5.74) is 5.18. The number of aromatic nitrogens is 2. The topological polar surface area (TPSA) is 118 Å². The Morgan fingerprint density at radius 3 is 2.57 bits per heavy atom. The molecule has 7 rings (SSSR count). The molecule has 10 nitrogen and oxygen atoms in total. The molecule has 1 aromatic heterocycles. The smallest absolute Gasteiger partial charge is 0.323 e. The van der Waals surface area contributed by atoms with Crippen molar-refractivity contribution in [2.24, 2.45) is 7.05 Å². The Bertz CT molecular complexity index is 2030. The predicted octanol–water partition coefficient (Wildman–Crippen LogP) is 7.34. The fourth-order valence-corrected chi connectivity index (χ4v) is 7.92. The second kappa shape index (κ2) is 14.1. The van der Waals surface area contributed by atoms with Gasteiger partial charge in [0, 0.05) is 56.0 Å². The van der Waals surface area contributed by atoms with Gasteiger partial charge in [0.1, 0.15) is 28.2 Å². The normalized spacial score (nSPS) is 17.7. The lowest BCUT2D eigenvalue weighted by molar-refractivity contribution is -0.148. The molecule has 1 unspecified atom stereocenters. The molecule has 1 saturated carbocycles. The molecule has 0 saturated heterocycles. The van der Waals surface area contributed by atoms with Crippen LogP contribution in [-0.4, -0.2) is 57.2 Å². The minimum absolute atomic E-state index is 0.0509. The number of hydrogen-bond donors (Lipinski definition) is 3. The van der Waals surface area contributed by atoms with E-state index in [0.29, 0.717) is 48.8 Å². The lowest BCUT2D eigenvalue weighted by atomic mass is 9.76. The summed E-state index contributed by atoms with van der Waals surface area (Å²) in [4.78, 5) is 32.1. The summed E-state index contributed by atoms with van der Waals surface area (Å²) in [6, 6.07) is 13.0. The number of carbonyl (C=O) groups excluding carboxylic acids is 1. The number of hydrogen-bond acceptors (Lipinski definition) is 7. The van der Waals surface area contributed by atoms with Crippen molar-refractivity contribution < 1.29 is 28.6 Å². The summed E-state index contributed by atoms with van der Waals surface area (Å²) in [6.07, 6.45) is 3.44. The molecule has 268 valence electrons. The van der Waals surface area contributed by atoms with Crippen LogP contribution in [0.2, 0.25) is 10.0 Å². The van der Waals surface area contributed by atoms with Gasteiger partial charge in [0.25, 0.3) is 5.91 Å². The van der Waals surface area contributed by atoms with Gasteiger partial charge in [-0.25, -0.2) is 9.37 Å². The predicted molar refractivity (Wildman–Crippen MR) is 193 cm³/mol. The van der Waals surface area contributed by atoms with Crippen molar-refractivity contribution in [3.8, 4) is 22.6 Å². The van der Waals surface area contributed by atoms with Gasteiger partial charge in [0.05, 0.1) is 23.0 Å². The van der Waals surface area contributed by atoms with Gasteiger partial charge in [-0.1, -0.05) is 53.5 Å². The Hall–Kier alpha value is -4.16. The van der Waals surface area contributed by atoms with Crippen LogP contribution in [0.4, 0.5) is 10.1 Å². The molecule has 1 amide bonds. The van der Waals surface area contributed by atoms with E-state index in [0.717, 1.165) is 53.0 Å². The van der Waals surface area contributed by atoms with Crippen LogP contribution in [0.25, 0.3) is 11.1 Å². The largest absolute Gasteiger partial charge is 0.493 e. The second-order valence-corrected chi connectivity index (χ2v) is 14.3. The third kappa shape index (κ3) is 6.45. The third-order valence-electron chi connectivity index (χ3n) is 10.4. The fraction of sp³-hybridized carbons (Fsp3) is 0.395. The van der Waals surface area contributed by atoms with E-state index in [4.69, 9.17) is 32.7 Å². The Morgan fingerprint density at radius 2 is 1.84 bits per heavy atom. The first-order chi connectivity index (χ1) is 24.5. The van der Waals surface area contributed by atoms with Crippen molar-refractivity contribution in [2.45, 2.75) is 70.2 Å². The monoisotopic (exact) mass is 735 g/mol. The van der Waals surface area contributed by atoms with Crippen LogP contribution in [0.15, 0.2) is 42.5 Å². The van der Waals surface area contributed by atoms with Gasteiger partial charge >= 0.3 is 5.97 Å². The van der Waals surface area contributed by atoms with E-state index in [2.05, 4.69) is 20.5 Å². The van der Waals surface area contributed by atoms with E-state index in [-0.39, 0.29) is 41.1 Å². The molecule has 3 aliphatic rings. The molecule has 0 radical (unpaired) electrons. The Morgan fingerprint density at radius 1 is 1.08 bits per heavy atom. The summed E-state index contributed by atoms with van der Waals surface area (Å²) in [6.45, 7) is 3.62. The van der Waals surface area contributed by atoms with E-state index in [1.807, 2.05) is 49.0 Å². The number of carboxylic acid groups (broad SMARTS) is 1. The minimum Gasteiger partial charge on any atom is -0.493 e. The van der Waals surface area contributed by atoms with Crippen molar-refractivity contribution in [3.63, 3.8) is 0 Å². The number of rotatable bonds is 11. The molecule has 1 fully saturated rings. The number of anilines is 1. The molecule has 0 spiro atoms. The number of nitrogens with one attached hydrogen (secondary N) is 2. The lowest BCUT2D eigenvalue weighted by Crippen LogP contribution is -2.56. The highest BCUT2D eigenvalue weighted by atomic mass is 35.5. The molecular weight excluding hydrogens is 696 g/mol. The van der Waals surface area contributed by atoms with Crippen molar-refractivity contribution >= 4 is 40.8 Å². The van der Waals surface area contributed by atoms with Gasteiger partial charge in [-0.15, -0.1) is 0 Å².